The fraction of sp³-hybridized carbons (Fsp3) is 0.476. The highest BCUT2D eigenvalue weighted by molar-refractivity contribution is 5.83. The fourth-order valence-corrected chi connectivity index (χ4v) is 3.41. The molecule has 3 atom stereocenters. The minimum absolute atomic E-state index is 0.147. The molecule has 1 aliphatic heterocycles. The highest BCUT2D eigenvalue weighted by Gasteiger charge is 2.36. The summed E-state index contributed by atoms with van der Waals surface area (Å²) in [6.45, 7) is 7.00. The van der Waals surface area contributed by atoms with Gasteiger partial charge < -0.3 is 19.9 Å². The van der Waals surface area contributed by atoms with Gasteiger partial charge in [-0.15, -0.1) is 0 Å². The smallest absolute Gasteiger partial charge is 0.167 e. The average molecular weight is 397 g/mol. The number of benzene rings is 1. The lowest BCUT2D eigenvalue weighted by molar-refractivity contribution is -0.0646. The third kappa shape index (κ3) is 4.55. The van der Waals surface area contributed by atoms with E-state index in [1.807, 2.05) is 34.9 Å². The van der Waals surface area contributed by atoms with Crippen molar-refractivity contribution in [1.82, 2.24) is 19.5 Å². The second-order valence-electron chi connectivity index (χ2n) is 8.35. The first-order valence-electron chi connectivity index (χ1n) is 9.81. The zero-order valence-electron chi connectivity index (χ0n) is 16.9. The van der Waals surface area contributed by atoms with Crippen LogP contribution in [0.4, 0.5) is 5.82 Å². The molecule has 2 aromatic heterocycles. The Labute approximate surface area is 169 Å². The number of nitrogens with one attached hydrogen (secondary N) is 1. The fourth-order valence-electron chi connectivity index (χ4n) is 3.41. The van der Waals surface area contributed by atoms with E-state index in [0.717, 1.165) is 5.56 Å². The van der Waals surface area contributed by atoms with Crippen LogP contribution in [-0.4, -0.2) is 49.0 Å². The highest BCUT2D eigenvalue weighted by atomic mass is 16.6. The molecule has 8 nitrogen and oxygen atoms in total. The summed E-state index contributed by atoms with van der Waals surface area (Å²) in [4.78, 5) is 13.2. The van der Waals surface area contributed by atoms with E-state index < -0.39 is 12.2 Å². The SMILES string of the molecule is CC(C)(C)Nc1ncnc2c1ncn2[C@H]1C[C@H](O)[C@@H](COCc2ccccc2)O1. The van der Waals surface area contributed by atoms with E-state index in [4.69, 9.17) is 9.47 Å². The van der Waals surface area contributed by atoms with E-state index >= 15 is 0 Å². The number of aliphatic hydroxyl groups excluding tert-OH is 1. The first kappa shape index (κ1) is 19.8. The summed E-state index contributed by atoms with van der Waals surface area (Å²) in [5.41, 5.74) is 2.30. The van der Waals surface area contributed by atoms with E-state index in [0.29, 0.717) is 36.6 Å². The Balaban J connectivity index is 1.44. The van der Waals surface area contributed by atoms with Gasteiger partial charge in [-0.1, -0.05) is 30.3 Å². The van der Waals surface area contributed by atoms with E-state index in [9.17, 15) is 5.11 Å². The maximum Gasteiger partial charge on any atom is 0.167 e. The van der Waals surface area contributed by atoms with Crippen molar-refractivity contribution in [2.75, 3.05) is 11.9 Å². The molecule has 0 amide bonds. The van der Waals surface area contributed by atoms with E-state index in [1.165, 1.54) is 6.33 Å². The lowest BCUT2D eigenvalue weighted by atomic mass is 10.1. The normalized spacial score (nSPS) is 22.3. The number of anilines is 1. The summed E-state index contributed by atoms with van der Waals surface area (Å²) < 4.78 is 13.7. The topological polar surface area (TPSA) is 94.3 Å². The van der Waals surface area contributed by atoms with Crippen molar-refractivity contribution in [2.45, 2.75) is 57.8 Å². The van der Waals surface area contributed by atoms with Crippen LogP contribution in [0.15, 0.2) is 43.0 Å². The zero-order chi connectivity index (χ0) is 20.4. The number of nitrogens with zero attached hydrogens (tertiary/aromatic N) is 4. The molecule has 3 aromatic rings. The average Bonchev–Trinajstić information content (AvgIpc) is 3.26. The monoisotopic (exact) mass is 397 g/mol. The van der Waals surface area contributed by atoms with Crippen LogP contribution in [0.25, 0.3) is 11.2 Å². The van der Waals surface area contributed by atoms with E-state index in [-0.39, 0.29) is 11.8 Å². The van der Waals surface area contributed by atoms with Crippen LogP contribution < -0.4 is 5.32 Å². The van der Waals surface area contributed by atoms with Gasteiger partial charge in [0.2, 0.25) is 0 Å². The highest BCUT2D eigenvalue weighted by Crippen LogP contribution is 2.32. The van der Waals surface area contributed by atoms with Crippen LogP contribution in [0.5, 0.6) is 0 Å². The van der Waals surface area contributed by atoms with Gasteiger partial charge in [-0.3, -0.25) is 4.57 Å². The summed E-state index contributed by atoms with van der Waals surface area (Å²) in [5, 5.41) is 13.8. The number of hydrogen-bond donors (Lipinski definition) is 2. The van der Waals surface area contributed by atoms with Gasteiger partial charge >= 0.3 is 0 Å². The van der Waals surface area contributed by atoms with Gasteiger partial charge in [-0.25, -0.2) is 15.0 Å². The Morgan fingerprint density at radius 1 is 1.21 bits per heavy atom. The predicted octanol–water partition coefficient (Wildman–Crippen LogP) is 2.90. The molecule has 8 heteroatoms. The summed E-state index contributed by atoms with van der Waals surface area (Å²) in [6.07, 6.45) is 2.31. The molecule has 0 saturated carbocycles. The molecule has 2 N–H and O–H groups in total. The maximum absolute atomic E-state index is 10.5. The minimum atomic E-state index is -0.609. The Bertz CT molecular complexity index is 954. The van der Waals surface area contributed by atoms with Gasteiger partial charge in [0.05, 0.1) is 25.6 Å². The molecule has 0 radical (unpaired) electrons. The Morgan fingerprint density at radius 3 is 2.76 bits per heavy atom. The summed E-state index contributed by atoms with van der Waals surface area (Å²) in [5.74, 6) is 0.683. The van der Waals surface area contributed by atoms with E-state index in [1.54, 1.807) is 6.33 Å². The van der Waals surface area contributed by atoms with Crippen molar-refractivity contribution in [2.24, 2.45) is 0 Å². The summed E-state index contributed by atoms with van der Waals surface area (Å²) in [6, 6.07) is 9.94. The van der Waals surface area contributed by atoms with Crippen LogP contribution in [0.2, 0.25) is 0 Å². The minimum Gasteiger partial charge on any atom is -0.390 e. The quantitative estimate of drug-likeness (QED) is 0.660. The number of imidazole rings is 1. The molecular formula is C21H27N5O3. The molecule has 0 unspecified atom stereocenters. The largest absolute Gasteiger partial charge is 0.390 e. The summed E-state index contributed by atoms with van der Waals surface area (Å²) >= 11 is 0. The molecule has 0 spiro atoms. The van der Waals surface area contributed by atoms with Crippen molar-refractivity contribution >= 4 is 17.0 Å². The first-order chi connectivity index (χ1) is 13.9. The first-order valence-corrected chi connectivity index (χ1v) is 9.81. The molecule has 4 rings (SSSR count). The zero-order valence-corrected chi connectivity index (χ0v) is 16.9. The summed E-state index contributed by atoms with van der Waals surface area (Å²) in [7, 11) is 0. The molecule has 154 valence electrons. The Hall–Kier alpha value is -2.55. The molecule has 1 aliphatic rings. The second kappa shape index (κ2) is 8.06. The maximum atomic E-state index is 10.5. The van der Waals surface area contributed by atoms with Crippen molar-refractivity contribution in [3.05, 3.63) is 48.5 Å². The van der Waals surface area contributed by atoms with Gasteiger partial charge in [0.15, 0.2) is 17.0 Å². The number of ether oxygens (including phenoxy) is 2. The van der Waals surface area contributed by atoms with Crippen LogP contribution >= 0.6 is 0 Å². The number of rotatable bonds is 6. The van der Waals surface area contributed by atoms with E-state index in [2.05, 4.69) is 41.0 Å². The molecule has 29 heavy (non-hydrogen) atoms. The lowest BCUT2D eigenvalue weighted by Gasteiger charge is -2.21. The number of hydrogen-bond acceptors (Lipinski definition) is 7. The third-order valence-corrected chi connectivity index (χ3v) is 4.76. The Kier molecular flexibility index (Phi) is 5.49. The lowest BCUT2D eigenvalue weighted by Crippen LogP contribution is -2.27. The van der Waals surface area contributed by atoms with Crippen molar-refractivity contribution < 1.29 is 14.6 Å². The van der Waals surface area contributed by atoms with Crippen LogP contribution in [0.1, 0.15) is 39.0 Å². The predicted molar refractivity (Wildman–Crippen MR) is 109 cm³/mol. The second-order valence-corrected chi connectivity index (χ2v) is 8.35. The number of aliphatic hydroxyl groups is 1. The van der Waals surface area contributed by atoms with Gasteiger partial charge in [-0.2, -0.15) is 0 Å². The van der Waals surface area contributed by atoms with Crippen LogP contribution in [0, 0.1) is 0 Å². The molecule has 1 saturated heterocycles. The van der Waals surface area contributed by atoms with Crippen molar-refractivity contribution in [3.8, 4) is 0 Å². The van der Waals surface area contributed by atoms with Crippen molar-refractivity contribution in [1.29, 1.82) is 0 Å². The third-order valence-electron chi connectivity index (χ3n) is 4.76. The Morgan fingerprint density at radius 2 is 2.00 bits per heavy atom. The number of aromatic nitrogens is 4. The van der Waals surface area contributed by atoms with Gasteiger partial charge in [0.25, 0.3) is 0 Å². The van der Waals surface area contributed by atoms with Crippen LogP contribution in [0.3, 0.4) is 0 Å². The molecule has 1 aromatic carbocycles. The van der Waals surface area contributed by atoms with Gasteiger partial charge in [0, 0.05) is 12.0 Å². The molecular weight excluding hydrogens is 370 g/mol. The molecule has 0 aliphatic carbocycles. The van der Waals surface area contributed by atoms with Crippen LogP contribution in [-0.2, 0) is 16.1 Å². The van der Waals surface area contributed by atoms with Gasteiger partial charge in [0.1, 0.15) is 18.7 Å². The molecule has 3 heterocycles. The molecule has 0 bridgehead atoms. The number of fused-ring (bicyclic) bond motifs is 1. The standard InChI is InChI=1S/C21H27N5O3/c1-21(2,3)25-19-18-20(23-12-22-19)26(13-24-18)17-9-15(27)16(29-17)11-28-10-14-7-5-4-6-8-14/h4-8,12-13,15-17,27H,9-11H2,1-3H3,(H,22,23,25)/t15-,16+,17+/m0/s1. The molecule has 1 fully saturated rings. The van der Waals surface area contributed by atoms with Gasteiger partial charge in [-0.05, 0) is 26.3 Å². The van der Waals surface area contributed by atoms with Crippen molar-refractivity contribution in [3.63, 3.8) is 0 Å².